The summed E-state index contributed by atoms with van der Waals surface area (Å²) in [5, 5.41) is 20.9. The number of amides is 1. The summed E-state index contributed by atoms with van der Waals surface area (Å²) in [5.41, 5.74) is 0.176. The fourth-order valence-electron chi connectivity index (χ4n) is 3.80. The number of aliphatic hydroxyl groups is 1. The molecule has 0 saturated heterocycles. The van der Waals surface area contributed by atoms with E-state index in [1.807, 2.05) is 0 Å². The van der Waals surface area contributed by atoms with Crippen molar-refractivity contribution in [1.29, 1.82) is 0 Å². The minimum absolute atomic E-state index is 0.0134. The maximum Gasteiger partial charge on any atom is 0.421 e. The van der Waals surface area contributed by atoms with Gasteiger partial charge in [-0.3, -0.25) is 14.0 Å². The van der Waals surface area contributed by atoms with Gasteiger partial charge in [0, 0.05) is 43.8 Å². The molecule has 222 valence electrons. The number of nitrogens with zero attached hydrogens (tertiary/aromatic N) is 5. The second kappa shape index (κ2) is 12.7. The van der Waals surface area contributed by atoms with Crippen LogP contribution in [0.4, 0.5) is 36.3 Å². The number of carbonyl (C=O) groups is 1. The summed E-state index contributed by atoms with van der Waals surface area (Å²) in [6.45, 7) is 0.445. The molecule has 1 amide bonds. The number of aryl methyl sites for hydroxylation is 1. The number of alkyl halides is 3. The molecule has 4 rings (SSSR count). The van der Waals surface area contributed by atoms with Crippen molar-refractivity contribution in [2.75, 3.05) is 24.3 Å². The number of pyridine rings is 1. The van der Waals surface area contributed by atoms with Crippen molar-refractivity contribution in [3.8, 4) is 11.3 Å². The van der Waals surface area contributed by atoms with E-state index in [1.54, 1.807) is 10.9 Å². The Morgan fingerprint density at radius 3 is 2.43 bits per heavy atom. The predicted molar refractivity (Wildman–Crippen MR) is 146 cm³/mol. The summed E-state index contributed by atoms with van der Waals surface area (Å²) >= 11 is 0. The number of benzene rings is 1. The highest BCUT2D eigenvalue weighted by atomic mass is 31.2. The Balaban J connectivity index is 1.65. The van der Waals surface area contributed by atoms with Gasteiger partial charge >= 0.3 is 13.8 Å². The summed E-state index contributed by atoms with van der Waals surface area (Å²) in [5.74, 6) is -1.52. The van der Waals surface area contributed by atoms with Gasteiger partial charge in [0.25, 0.3) is 5.91 Å². The highest BCUT2D eigenvalue weighted by Crippen LogP contribution is 2.39. The van der Waals surface area contributed by atoms with Gasteiger partial charge in [0.05, 0.1) is 23.7 Å². The van der Waals surface area contributed by atoms with Crippen LogP contribution in [-0.4, -0.2) is 59.2 Å². The van der Waals surface area contributed by atoms with Gasteiger partial charge in [0.1, 0.15) is 11.4 Å². The Bertz CT molecular complexity index is 1610. The van der Waals surface area contributed by atoms with Gasteiger partial charge in [-0.1, -0.05) is 12.1 Å². The average molecular weight is 607 g/mol. The lowest BCUT2D eigenvalue weighted by Crippen LogP contribution is -2.21. The summed E-state index contributed by atoms with van der Waals surface area (Å²) in [6, 6.07) is 8.74. The van der Waals surface area contributed by atoms with Crippen molar-refractivity contribution in [2.24, 2.45) is 0 Å². The van der Waals surface area contributed by atoms with E-state index < -0.39 is 37.2 Å². The van der Waals surface area contributed by atoms with E-state index in [0.717, 1.165) is 0 Å². The van der Waals surface area contributed by atoms with Crippen LogP contribution in [0, 0.1) is 0 Å². The average Bonchev–Trinajstić information content (AvgIpc) is 3.40. The third-order valence-electron chi connectivity index (χ3n) is 5.76. The first-order chi connectivity index (χ1) is 19.9. The highest BCUT2D eigenvalue weighted by Gasteiger charge is 2.36. The van der Waals surface area contributed by atoms with Crippen LogP contribution in [0.1, 0.15) is 28.0 Å². The molecule has 0 aliphatic heterocycles. The summed E-state index contributed by atoms with van der Waals surface area (Å²) in [6.07, 6.45) is -1.05. The second-order valence-corrected chi connectivity index (χ2v) is 10.6. The molecule has 3 aromatic heterocycles. The van der Waals surface area contributed by atoms with E-state index in [4.69, 9.17) is 14.9 Å². The third kappa shape index (κ3) is 7.88. The van der Waals surface area contributed by atoms with Gasteiger partial charge < -0.3 is 30.8 Å². The normalized spacial score (nSPS) is 11.8. The molecule has 3 heterocycles. The molecule has 0 unspecified atom stereocenters. The predicted octanol–water partition coefficient (Wildman–Crippen LogP) is 3.66. The van der Waals surface area contributed by atoms with Crippen molar-refractivity contribution in [1.82, 2.24) is 30.0 Å². The summed E-state index contributed by atoms with van der Waals surface area (Å²) in [4.78, 5) is 43.0. The van der Waals surface area contributed by atoms with Gasteiger partial charge in [-0.05, 0) is 36.2 Å². The molecule has 17 heteroatoms. The van der Waals surface area contributed by atoms with Crippen LogP contribution in [-0.2, 0) is 23.4 Å². The number of halogens is 3. The molecule has 0 fully saturated rings. The summed E-state index contributed by atoms with van der Waals surface area (Å²) in [7, 11) is -2.92. The maximum atomic E-state index is 13.9. The zero-order chi connectivity index (χ0) is 30.5. The minimum atomic E-state index is -4.84. The zero-order valence-electron chi connectivity index (χ0n) is 22.0. The van der Waals surface area contributed by atoms with E-state index in [-0.39, 0.29) is 23.9 Å². The molecule has 0 aliphatic carbocycles. The SMILES string of the molecule is CNC(=O)c1nc(-c2cnn(CCCO)c2)ccc1Nc1nc(Nc2ccc(CP(=O)(O)O)cc2)ncc1C(F)(F)F. The fourth-order valence-corrected chi connectivity index (χ4v) is 4.48. The fraction of sp³-hybridized carbons (Fsp3) is 0.240. The van der Waals surface area contributed by atoms with Crippen LogP contribution in [0.15, 0.2) is 55.0 Å². The van der Waals surface area contributed by atoms with E-state index >= 15 is 0 Å². The minimum Gasteiger partial charge on any atom is -0.396 e. The van der Waals surface area contributed by atoms with Crippen LogP contribution >= 0.6 is 7.60 Å². The van der Waals surface area contributed by atoms with Gasteiger partial charge in [0.15, 0.2) is 5.69 Å². The molecule has 0 saturated carbocycles. The molecule has 4 aromatic rings. The molecule has 13 nitrogen and oxygen atoms in total. The van der Waals surface area contributed by atoms with Crippen molar-refractivity contribution < 1.29 is 37.4 Å². The zero-order valence-corrected chi connectivity index (χ0v) is 22.9. The first-order valence-electron chi connectivity index (χ1n) is 12.3. The van der Waals surface area contributed by atoms with E-state index in [0.29, 0.717) is 41.7 Å². The lowest BCUT2D eigenvalue weighted by atomic mass is 10.1. The summed E-state index contributed by atoms with van der Waals surface area (Å²) < 4.78 is 54.4. The molecule has 0 spiro atoms. The Hall–Kier alpha value is -4.37. The Labute approximate surface area is 237 Å². The smallest absolute Gasteiger partial charge is 0.396 e. The van der Waals surface area contributed by atoms with E-state index in [9.17, 15) is 22.5 Å². The van der Waals surface area contributed by atoms with Gasteiger partial charge in [-0.15, -0.1) is 0 Å². The molecule has 0 atom stereocenters. The second-order valence-electron chi connectivity index (χ2n) is 8.96. The Morgan fingerprint density at radius 2 is 1.79 bits per heavy atom. The monoisotopic (exact) mass is 606 g/mol. The molecule has 42 heavy (non-hydrogen) atoms. The van der Waals surface area contributed by atoms with E-state index in [1.165, 1.54) is 49.6 Å². The van der Waals surface area contributed by atoms with E-state index in [2.05, 4.69) is 36.0 Å². The van der Waals surface area contributed by atoms with Crippen LogP contribution < -0.4 is 16.0 Å². The number of carbonyl (C=O) groups excluding carboxylic acids is 1. The first kappa shape index (κ1) is 30.6. The number of aromatic nitrogens is 5. The number of hydrogen-bond acceptors (Lipinski definition) is 9. The molecular formula is C25H26F3N8O5P. The standard InChI is InChI=1S/C25H26F3N8O5P/c1-29-23(38)21-20(8-7-19(33-21)16-11-31-36(13-16)9-2-10-37)34-22-18(25(26,27)28)12-30-24(35-22)32-17-5-3-15(4-6-17)14-42(39,40)41/h3-8,11-13,37H,2,9-10,14H2,1H3,(H,29,38)(H2,39,40,41)(H2,30,32,34,35). The number of rotatable bonds is 11. The number of nitrogens with one attached hydrogen (secondary N) is 3. The van der Waals surface area contributed by atoms with Gasteiger partial charge in [-0.25, -0.2) is 9.97 Å². The molecule has 1 aromatic carbocycles. The van der Waals surface area contributed by atoms with Crippen LogP contribution in [0.5, 0.6) is 0 Å². The van der Waals surface area contributed by atoms with Crippen molar-refractivity contribution in [3.05, 3.63) is 71.8 Å². The first-order valence-corrected chi connectivity index (χ1v) is 14.1. The van der Waals surface area contributed by atoms with Gasteiger partial charge in [-0.2, -0.15) is 23.3 Å². The third-order valence-corrected chi connectivity index (χ3v) is 6.53. The quantitative estimate of drug-likeness (QED) is 0.137. The Kier molecular flexibility index (Phi) is 9.21. The lowest BCUT2D eigenvalue weighted by Gasteiger charge is -2.16. The van der Waals surface area contributed by atoms with Crippen molar-refractivity contribution >= 4 is 36.6 Å². The van der Waals surface area contributed by atoms with Crippen molar-refractivity contribution in [3.63, 3.8) is 0 Å². The number of hydrogen-bond donors (Lipinski definition) is 6. The number of aliphatic hydroxyl groups excluding tert-OH is 1. The molecule has 0 bridgehead atoms. The molecular weight excluding hydrogens is 580 g/mol. The Morgan fingerprint density at radius 1 is 1.05 bits per heavy atom. The molecule has 6 N–H and O–H groups in total. The van der Waals surface area contributed by atoms with Crippen molar-refractivity contribution in [2.45, 2.75) is 25.3 Å². The number of anilines is 4. The van der Waals surface area contributed by atoms with Gasteiger partial charge in [0.2, 0.25) is 5.95 Å². The molecule has 0 aliphatic rings. The van der Waals surface area contributed by atoms with Crippen LogP contribution in [0.25, 0.3) is 11.3 Å². The van der Waals surface area contributed by atoms with Crippen LogP contribution in [0.2, 0.25) is 0 Å². The topological polar surface area (TPSA) is 187 Å². The maximum absolute atomic E-state index is 13.9. The lowest BCUT2D eigenvalue weighted by molar-refractivity contribution is -0.137. The molecule has 0 radical (unpaired) electrons. The van der Waals surface area contributed by atoms with Crippen LogP contribution in [0.3, 0.4) is 0 Å². The largest absolute Gasteiger partial charge is 0.421 e. The highest BCUT2D eigenvalue weighted by molar-refractivity contribution is 7.50.